The first kappa shape index (κ1) is 11.2. The van der Waals surface area contributed by atoms with Crippen molar-refractivity contribution in [3.63, 3.8) is 0 Å². The van der Waals surface area contributed by atoms with Crippen LogP contribution in [0.5, 0.6) is 0 Å². The molecule has 0 bridgehead atoms. The second-order valence-corrected chi connectivity index (χ2v) is 7.09. The van der Waals surface area contributed by atoms with Gasteiger partial charge in [0.1, 0.15) is 0 Å². The SMILES string of the molecule is CC1(C)CC2=C(C1=O)[C@]1(C)CCC[C@]1(C)C2=O. The molecule has 2 heteroatoms. The molecule has 17 heavy (non-hydrogen) atoms. The molecule has 0 heterocycles. The summed E-state index contributed by atoms with van der Waals surface area (Å²) in [6, 6.07) is 0. The Bertz CT molecular complexity index is 483. The Morgan fingerprint density at radius 3 is 2.12 bits per heavy atom. The molecule has 1 saturated carbocycles. The molecule has 0 saturated heterocycles. The molecule has 92 valence electrons. The molecule has 0 amide bonds. The molecule has 0 unspecified atom stereocenters. The van der Waals surface area contributed by atoms with Crippen molar-refractivity contribution < 1.29 is 9.59 Å². The molecule has 0 aromatic rings. The summed E-state index contributed by atoms with van der Waals surface area (Å²) in [4.78, 5) is 25.2. The molecule has 3 aliphatic rings. The van der Waals surface area contributed by atoms with Crippen LogP contribution in [0, 0.1) is 16.2 Å². The van der Waals surface area contributed by atoms with E-state index in [9.17, 15) is 9.59 Å². The second kappa shape index (κ2) is 2.73. The van der Waals surface area contributed by atoms with Crippen LogP contribution in [-0.2, 0) is 9.59 Å². The lowest BCUT2D eigenvalue weighted by Gasteiger charge is -2.37. The smallest absolute Gasteiger partial charge is 0.166 e. The molecule has 1 fully saturated rings. The Hall–Kier alpha value is -0.920. The average Bonchev–Trinajstić information content (AvgIpc) is 2.70. The van der Waals surface area contributed by atoms with E-state index in [0.717, 1.165) is 30.4 Å². The van der Waals surface area contributed by atoms with Gasteiger partial charge in [-0.3, -0.25) is 9.59 Å². The molecular formula is C15H20O2. The van der Waals surface area contributed by atoms with Gasteiger partial charge in [0.2, 0.25) is 0 Å². The predicted molar refractivity (Wildman–Crippen MR) is 65.5 cm³/mol. The van der Waals surface area contributed by atoms with Crippen molar-refractivity contribution >= 4 is 11.6 Å². The third-order valence-corrected chi connectivity index (χ3v) is 5.66. The maximum atomic E-state index is 12.6. The summed E-state index contributed by atoms with van der Waals surface area (Å²) in [5, 5.41) is 0. The van der Waals surface area contributed by atoms with Crippen LogP contribution in [0.2, 0.25) is 0 Å². The zero-order valence-corrected chi connectivity index (χ0v) is 11.1. The fourth-order valence-electron chi connectivity index (χ4n) is 4.31. The maximum Gasteiger partial charge on any atom is 0.166 e. The summed E-state index contributed by atoms with van der Waals surface area (Å²) >= 11 is 0. The number of Topliss-reactive ketones (excluding diaryl/α,β-unsaturated/α-hetero) is 2. The largest absolute Gasteiger partial charge is 0.294 e. The van der Waals surface area contributed by atoms with Gasteiger partial charge in [0, 0.05) is 27.4 Å². The van der Waals surface area contributed by atoms with Gasteiger partial charge in [0.05, 0.1) is 0 Å². The third-order valence-electron chi connectivity index (χ3n) is 5.66. The highest BCUT2D eigenvalue weighted by molar-refractivity contribution is 6.19. The fraction of sp³-hybridized carbons (Fsp3) is 0.733. The van der Waals surface area contributed by atoms with Crippen LogP contribution < -0.4 is 0 Å². The van der Waals surface area contributed by atoms with Crippen LogP contribution >= 0.6 is 0 Å². The lowest BCUT2D eigenvalue weighted by atomic mass is 9.64. The number of hydrogen-bond donors (Lipinski definition) is 0. The number of carbonyl (C=O) groups excluding carboxylic acids is 2. The molecule has 0 aliphatic heterocycles. The van der Waals surface area contributed by atoms with E-state index >= 15 is 0 Å². The number of hydrogen-bond acceptors (Lipinski definition) is 2. The van der Waals surface area contributed by atoms with Crippen LogP contribution in [0.1, 0.15) is 53.4 Å². The fourth-order valence-corrected chi connectivity index (χ4v) is 4.31. The lowest BCUT2D eigenvalue weighted by molar-refractivity contribution is -0.128. The molecule has 2 nitrogen and oxygen atoms in total. The molecule has 0 N–H and O–H groups in total. The van der Waals surface area contributed by atoms with E-state index in [1.807, 2.05) is 13.8 Å². The molecule has 3 rings (SSSR count). The minimum absolute atomic E-state index is 0.176. The van der Waals surface area contributed by atoms with Gasteiger partial charge in [-0.25, -0.2) is 0 Å². The van der Waals surface area contributed by atoms with Crippen LogP contribution in [0.3, 0.4) is 0 Å². The molecule has 2 atom stereocenters. The van der Waals surface area contributed by atoms with E-state index < -0.39 is 0 Å². The van der Waals surface area contributed by atoms with Crippen LogP contribution in [0.4, 0.5) is 0 Å². The first-order valence-electron chi connectivity index (χ1n) is 6.57. The van der Waals surface area contributed by atoms with Crippen molar-refractivity contribution in [2.45, 2.75) is 53.4 Å². The van der Waals surface area contributed by atoms with Crippen LogP contribution in [0.25, 0.3) is 0 Å². The summed E-state index contributed by atoms with van der Waals surface area (Å²) < 4.78 is 0. The highest BCUT2D eigenvalue weighted by Gasteiger charge is 2.66. The normalized spacial score (nSPS) is 43.3. The van der Waals surface area contributed by atoms with Crippen molar-refractivity contribution in [3.05, 3.63) is 11.1 Å². The van der Waals surface area contributed by atoms with Crippen molar-refractivity contribution in [2.75, 3.05) is 0 Å². The van der Waals surface area contributed by atoms with Gasteiger partial charge in [-0.05, 0) is 19.3 Å². The lowest BCUT2D eigenvalue weighted by Crippen LogP contribution is -2.39. The molecule has 0 spiro atoms. The van der Waals surface area contributed by atoms with E-state index in [1.165, 1.54) is 0 Å². The second-order valence-electron chi connectivity index (χ2n) is 7.09. The summed E-state index contributed by atoms with van der Waals surface area (Å²) in [5.74, 6) is 0.500. The third kappa shape index (κ3) is 0.989. The van der Waals surface area contributed by atoms with E-state index in [4.69, 9.17) is 0 Å². The number of fused-ring (bicyclic) bond motifs is 2. The zero-order chi connectivity index (χ0) is 12.6. The highest BCUT2D eigenvalue weighted by atomic mass is 16.1. The van der Waals surface area contributed by atoms with E-state index in [-0.39, 0.29) is 27.8 Å². The van der Waals surface area contributed by atoms with Gasteiger partial charge in [-0.2, -0.15) is 0 Å². The molecule has 0 radical (unpaired) electrons. The standard InChI is InChI=1S/C15H20O2/c1-13(2)8-9-10(12(13)17)14(3)6-5-7-15(14,4)11(9)16/h5-8H2,1-4H3/t14-,15+/m0/s1. The molecule has 0 aromatic carbocycles. The van der Waals surface area contributed by atoms with Crippen LogP contribution in [-0.4, -0.2) is 11.6 Å². The minimum atomic E-state index is -0.354. The Balaban J connectivity index is 2.20. The quantitative estimate of drug-likeness (QED) is 0.643. The van der Waals surface area contributed by atoms with Gasteiger partial charge < -0.3 is 0 Å². The summed E-state index contributed by atoms with van der Waals surface area (Å²) in [7, 11) is 0. The van der Waals surface area contributed by atoms with Crippen molar-refractivity contribution in [3.8, 4) is 0 Å². The summed E-state index contributed by atoms with van der Waals surface area (Å²) in [5.41, 5.74) is 0.943. The first-order valence-corrected chi connectivity index (χ1v) is 6.57. The maximum absolute atomic E-state index is 12.6. The Morgan fingerprint density at radius 1 is 0.882 bits per heavy atom. The van der Waals surface area contributed by atoms with Gasteiger partial charge in [0.15, 0.2) is 11.6 Å². The first-order chi connectivity index (χ1) is 7.74. The Kier molecular flexibility index (Phi) is 1.80. The molecule has 3 aliphatic carbocycles. The monoisotopic (exact) mass is 232 g/mol. The van der Waals surface area contributed by atoms with Gasteiger partial charge in [-0.1, -0.05) is 34.1 Å². The van der Waals surface area contributed by atoms with Crippen molar-refractivity contribution in [1.29, 1.82) is 0 Å². The van der Waals surface area contributed by atoms with E-state index in [1.54, 1.807) is 0 Å². The number of carbonyl (C=O) groups is 2. The van der Waals surface area contributed by atoms with Gasteiger partial charge in [-0.15, -0.1) is 0 Å². The predicted octanol–water partition coefficient (Wildman–Crippen LogP) is 3.06. The number of rotatable bonds is 0. The highest BCUT2D eigenvalue weighted by Crippen LogP contribution is 2.67. The van der Waals surface area contributed by atoms with Gasteiger partial charge >= 0.3 is 0 Å². The minimum Gasteiger partial charge on any atom is -0.294 e. The summed E-state index contributed by atoms with van der Waals surface area (Å²) in [6.07, 6.45) is 3.67. The zero-order valence-electron chi connectivity index (χ0n) is 11.1. The Labute approximate surface area is 102 Å². The van der Waals surface area contributed by atoms with Crippen molar-refractivity contribution in [1.82, 2.24) is 0 Å². The van der Waals surface area contributed by atoms with Crippen LogP contribution in [0.15, 0.2) is 11.1 Å². The number of ketones is 2. The summed E-state index contributed by atoms with van der Waals surface area (Å²) in [6.45, 7) is 8.15. The van der Waals surface area contributed by atoms with E-state index in [2.05, 4.69) is 13.8 Å². The van der Waals surface area contributed by atoms with Crippen molar-refractivity contribution in [2.24, 2.45) is 16.2 Å². The number of allylic oxidation sites excluding steroid dienone is 2. The molecular weight excluding hydrogens is 212 g/mol. The molecule has 0 aromatic heterocycles. The van der Waals surface area contributed by atoms with Gasteiger partial charge in [0.25, 0.3) is 0 Å². The van der Waals surface area contributed by atoms with E-state index in [0.29, 0.717) is 6.42 Å². The topological polar surface area (TPSA) is 34.1 Å². The average molecular weight is 232 g/mol. The Morgan fingerprint density at radius 2 is 1.47 bits per heavy atom.